The van der Waals surface area contributed by atoms with Gasteiger partial charge in [-0.2, -0.15) is 0 Å². The molecule has 0 saturated carbocycles. The lowest BCUT2D eigenvalue weighted by atomic mass is 10.1. The second kappa shape index (κ2) is 15.6. The van der Waals surface area contributed by atoms with Gasteiger partial charge in [-0.25, -0.2) is 0 Å². The molecule has 0 aliphatic heterocycles. The van der Waals surface area contributed by atoms with E-state index in [2.05, 4.69) is 37.1 Å². The van der Waals surface area contributed by atoms with Crippen LogP contribution in [0.3, 0.4) is 0 Å². The van der Waals surface area contributed by atoms with Crippen molar-refractivity contribution in [2.45, 2.75) is 72.1 Å². The van der Waals surface area contributed by atoms with E-state index >= 15 is 0 Å². The highest BCUT2D eigenvalue weighted by Crippen LogP contribution is 2.37. The van der Waals surface area contributed by atoms with E-state index in [1.165, 1.54) is 57.9 Å². The van der Waals surface area contributed by atoms with Crippen LogP contribution in [0, 0.1) is 0 Å². The minimum Gasteiger partial charge on any atom is -0.756 e. The first-order valence-electron chi connectivity index (χ1n) is 9.09. The fraction of sp³-hybridized carbons (Fsp3) is 1.00. The van der Waals surface area contributed by atoms with Crippen LogP contribution < -0.4 is 4.89 Å². The predicted octanol–water partition coefficient (Wildman–Crippen LogP) is 4.36. The van der Waals surface area contributed by atoms with Crippen molar-refractivity contribution in [3.05, 3.63) is 0 Å². The number of rotatable bonds is 13. The number of quaternary nitrogens is 1. The van der Waals surface area contributed by atoms with Crippen LogP contribution in [0.1, 0.15) is 72.1 Å². The summed E-state index contributed by atoms with van der Waals surface area (Å²) in [5, 5.41) is 0. The van der Waals surface area contributed by atoms with Gasteiger partial charge in [0, 0.05) is 0 Å². The Morgan fingerprint density at radius 2 is 1.17 bits per heavy atom. The number of phosphoric ester groups is 1. The quantitative estimate of drug-likeness (QED) is 0.280. The molecule has 5 nitrogen and oxygen atoms in total. The van der Waals surface area contributed by atoms with Crippen molar-refractivity contribution in [2.24, 2.45) is 0 Å². The fourth-order valence-corrected chi connectivity index (χ4v) is 2.78. The number of nitrogens with zero attached hydrogens (tertiary/aromatic N) is 1. The average Bonchev–Trinajstić information content (AvgIpc) is 2.41. The molecule has 0 aromatic carbocycles. The summed E-state index contributed by atoms with van der Waals surface area (Å²) in [6.45, 7) is 7.03. The molecule has 0 amide bonds. The van der Waals surface area contributed by atoms with Gasteiger partial charge in [0.15, 0.2) is 0 Å². The number of hydrogen-bond donors (Lipinski definition) is 0. The molecule has 142 valence electrons. The third-order valence-electron chi connectivity index (χ3n) is 3.26. The molecule has 23 heavy (non-hydrogen) atoms. The van der Waals surface area contributed by atoms with Gasteiger partial charge < -0.3 is 18.4 Å². The highest BCUT2D eigenvalue weighted by atomic mass is 31.2. The number of phosphoric acid groups is 1. The van der Waals surface area contributed by atoms with Gasteiger partial charge in [-0.05, 0) is 26.7 Å². The minimum atomic E-state index is -3.94. The summed E-state index contributed by atoms with van der Waals surface area (Å²) in [4.78, 5) is 10.4. The van der Waals surface area contributed by atoms with Crippen molar-refractivity contribution in [3.63, 3.8) is 0 Å². The molecule has 0 bridgehead atoms. The Bertz CT molecular complexity index is 283. The van der Waals surface area contributed by atoms with Crippen molar-refractivity contribution in [2.75, 3.05) is 40.9 Å². The Balaban J connectivity index is 0. The van der Waals surface area contributed by atoms with Crippen molar-refractivity contribution in [1.82, 2.24) is 0 Å². The topological polar surface area (TPSA) is 58.6 Å². The largest absolute Gasteiger partial charge is 0.756 e. The molecule has 0 radical (unpaired) electrons. The first-order valence-corrected chi connectivity index (χ1v) is 10.5. The van der Waals surface area contributed by atoms with Crippen LogP contribution in [0.5, 0.6) is 0 Å². The Kier molecular flexibility index (Phi) is 17.2. The van der Waals surface area contributed by atoms with Gasteiger partial charge in [-0.3, -0.25) is 4.57 Å². The average molecular weight is 353 g/mol. The molecule has 0 spiro atoms. The van der Waals surface area contributed by atoms with E-state index in [0.717, 1.165) is 4.48 Å². The van der Waals surface area contributed by atoms with E-state index in [-0.39, 0.29) is 13.2 Å². The Labute approximate surface area is 144 Å². The van der Waals surface area contributed by atoms with E-state index in [9.17, 15) is 9.46 Å². The zero-order chi connectivity index (χ0) is 18.2. The summed E-state index contributed by atoms with van der Waals surface area (Å²) < 4.78 is 20.0. The maximum Gasteiger partial charge on any atom is 0.267 e. The van der Waals surface area contributed by atoms with Crippen LogP contribution in [-0.2, 0) is 13.6 Å². The van der Waals surface area contributed by atoms with Gasteiger partial charge in [0.1, 0.15) is 0 Å². The predicted molar refractivity (Wildman–Crippen MR) is 96.4 cm³/mol. The van der Waals surface area contributed by atoms with Crippen LogP contribution >= 0.6 is 7.82 Å². The van der Waals surface area contributed by atoms with Gasteiger partial charge in [-0.1, -0.05) is 45.4 Å². The summed E-state index contributed by atoms with van der Waals surface area (Å²) in [5.74, 6) is 0. The van der Waals surface area contributed by atoms with Crippen molar-refractivity contribution < 1.29 is 23.0 Å². The molecule has 0 aliphatic carbocycles. The summed E-state index contributed by atoms with van der Waals surface area (Å²) in [7, 11) is 2.89. The number of unbranched alkanes of at least 4 members (excludes halogenated alkanes) is 7. The van der Waals surface area contributed by atoms with Gasteiger partial charge in [-0.15, -0.1) is 0 Å². The van der Waals surface area contributed by atoms with Gasteiger partial charge >= 0.3 is 0 Å². The van der Waals surface area contributed by atoms with Gasteiger partial charge in [0.05, 0.1) is 40.9 Å². The zero-order valence-corrected chi connectivity index (χ0v) is 17.2. The summed E-state index contributed by atoms with van der Waals surface area (Å²) >= 11 is 0. The standard InChI is InChI=1S/C13H30N.C4H11O4P/c1-5-6-7-8-9-10-11-12-13-14(2,3)4;1-3-7-9(5,6)8-4-2/h5-13H2,1-4H3;3-4H2,1-2H3,(H,5,6)/q+1;/p-1. The molecule has 0 N–H and O–H groups in total. The fourth-order valence-electron chi connectivity index (χ4n) is 2.07. The molecule has 0 saturated heterocycles. The molecule has 0 aromatic heterocycles. The lowest BCUT2D eigenvalue weighted by Gasteiger charge is -2.23. The molecule has 0 fully saturated rings. The third-order valence-corrected chi connectivity index (χ3v) is 4.41. The van der Waals surface area contributed by atoms with E-state index in [4.69, 9.17) is 0 Å². The van der Waals surface area contributed by atoms with E-state index in [1.807, 2.05) is 0 Å². The molecular formula is C17H40NO4P. The first-order chi connectivity index (χ1) is 10.7. The van der Waals surface area contributed by atoms with Crippen LogP contribution in [0.2, 0.25) is 0 Å². The molecule has 0 rings (SSSR count). The van der Waals surface area contributed by atoms with Crippen LogP contribution in [0.4, 0.5) is 0 Å². The first kappa shape index (κ1) is 25.3. The molecule has 6 heteroatoms. The minimum absolute atomic E-state index is 0.126. The van der Waals surface area contributed by atoms with Crippen molar-refractivity contribution in [1.29, 1.82) is 0 Å². The van der Waals surface area contributed by atoms with E-state index in [0.29, 0.717) is 0 Å². The molecule has 0 aliphatic rings. The smallest absolute Gasteiger partial charge is 0.267 e. The second-order valence-corrected chi connectivity index (χ2v) is 8.18. The normalized spacial score (nSPS) is 12.0. The summed E-state index contributed by atoms with van der Waals surface area (Å²) in [5.41, 5.74) is 0. The lowest BCUT2D eigenvalue weighted by Crippen LogP contribution is -2.35. The van der Waals surface area contributed by atoms with E-state index < -0.39 is 7.82 Å². The summed E-state index contributed by atoms with van der Waals surface area (Å²) in [6, 6.07) is 0. The van der Waals surface area contributed by atoms with Crippen LogP contribution in [-0.4, -0.2) is 45.4 Å². The summed E-state index contributed by atoms with van der Waals surface area (Å²) in [6.07, 6.45) is 11.4. The third kappa shape index (κ3) is 24.4. The Morgan fingerprint density at radius 1 is 0.783 bits per heavy atom. The Hall–Kier alpha value is 0.0700. The molecule has 0 heterocycles. The maximum atomic E-state index is 10.4. The molecule has 0 aromatic rings. The van der Waals surface area contributed by atoms with Gasteiger partial charge in [0.2, 0.25) is 0 Å². The highest BCUT2D eigenvalue weighted by molar-refractivity contribution is 7.45. The van der Waals surface area contributed by atoms with Gasteiger partial charge in [0.25, 0.3) is 7.82 Å². The van der Waals surface area contributed by atoms with E-state index in [1.54, 1.807) is 13.8 Å². The SMILES string of the molecule is CCCCCCCCCC[N+](C)(C)C.CCOP(=O)([O-])OCC. The van der Waals surface area contributed by atoms with Crippen LogP contribution in [0.25, 0.3) is 0 Å². The molecule has 0 unspecified atom stereocenters. The highest BCUT2D eigenvalue weighted by Gasteiger charge is 2.05. The van der Waals surface area contributed by atoms with Crippen molar-refractivity contribution in [3.8, 4) is 0 Å². The lowest BCUT2D eigenvalue weighted by molar-refractivity contribution is -0.870. The molecule has 0 atom stereocenters. The zero-order valence-electron chi connectivity index (χ0n) is 16.3. The molecular weight excluding hydrogens is 313 g/mol. The second-order valence-electron chi connectivity index (χ2n) is 6.77. The maximum absolute atomic E-state index is 10.4. The Morgan fingerprint density at radius 3 is 1.52 bits per heavy atom. The van der Waals surface area contributed by atoms with Crippen molar-refractivity contribution >= 4 is 7.82 Å². The number of hydrogen-bond acceptors (Lipinski definition) is 4. The van der Waals surface area contributed by atoms with Crippen LogP contribution in [0.15, 0.2) is 0 Å². The monoisotopic (exact) mass is 353 g/mol.